The van der Waals surface area contributed by atoms with E-state index >= 15 is 0 Å². The Bertz CT molecular complexity index is 208. The summed E-state index contributed by atoms with van der Waals surface area (Å²) in [5, 5.41) is 7.28. The molecule has 2 N–H and O–H groups in total. The van der Waals surface area contributed by atoms with Crippen LogP contribution >= 0.6 is 0 Å². The summed E-state index contributed by atoms with van der Waals surface area (Å²) in [4.78, 5) is 2.62. The third-order valence-corrected chi connectivity index (χ3v) is 4.33. The van der Waals surface area contributed by atoms with Gasteiger partial charge in [0.2, 0.25) is 0 Å². The van der Waals surface area contributed by atoms with E-state index in [0.29, 0.717) is 12.1 Å². The molecule has 0 radical (unpaired) electrons. The number of likely N-dealkylation sites (tertiary alicyclic amines) is 1. The van der Waals surface area contributed by atoms with Crippen LogP contribution in [-0.4, -0.2) is 49.2 Å². The summed E-state index contributed by atoms with van der Waals surface area (Å²) in [5.74, 6) is 0. The van der Waals surface area contributed by atoms with E-state index < -0.39 is 0 Å². The largest absolute Gasteiger partial charge is 0.314 e. The van der Waals surface area contributed by atoms with Gasteiger partial charge in [-0.15, -0.1) is 0 Å². The Morgan fingerprint density at radius 2 is 2.00 bits per heavy atom. The molecule has 100 valence electrons. The Morgan fingerprint density at radius 3 is 2.65 bits per heavy atom. The van der Waals surface area contributed by atoms with Crippen molar-refractivity contribution in [2.75, 3.05) is 26.2 Å². The second kappa shape index (κ2) is 6.72. The van der Waals surface area contributed by atoms with E-state index in [9.17, 15) is 0 Å². The number of hydrogen-bond donors (Lipinski definition) is 2. The molecule has 17 heavy (non-hydrogen) atoms. The van der Waals surface area contributed by atoms with Crippen LogP contribution in [0.2, 0.25) is 0 Å². The lowest BCUT2D eigenvalue weighted by atomic mass is 10.1. The summed E-state index contributed by atoms with van der Waals surface area (Å²) in [6, 6.07) is 2.12. The van der Waals surface area contributed by atoms with Crippen LogP contribution in [0.1, 0.15) is 46.0 Å². The second-order valence-electron chi connectivity index (χ2n) is 5.93. The van der Waals surface area contributed by atoms with Crippen molar-refractivity contribution in [3.63, 3.8) is 0 Å². The van der Waals surface area contributed by atoms with Gasteiger partial charge in [0.1, 0.15) is 0 Å². The molecule has 3 unspecified atom stereocenters. The number of nitrogens with zero attached hydrogens (tertiary/aromatic N) is 1. The van der Waals surface area contributed by atoms with E-state index in [0.717, 1.165) is 12.6 Å². The molecule has 0 aliphatic carbocycles. The number of hydrogen-bond acceptors (Lipinski definition) is 3. The fourth-order valence-corrected chi connectivity index (χ4v) is 3.15. The molecular weight excluding hydrogens is 210 g/mol. The van der Waals surface area contributed by atoms with E-state index in [2.05, 4.69) is 29.4 Å². The summed E-state index contributed by atoms with van der Waals surface area (Å²) in [5.41, 5.74) is 0. The molecule has 3 atom stereocenters. The first-order valence-electron chi connectivity index (χ1n) is 7.46. The highest BCUT2D eigenvalue weighted by Crippen LogP contribution is 2.13. The van der Waals surface area contributed by atoms with Crippen molar-refractivity contribution in [1.29, 1.82) is 0 Å². The van der Waals surface area contributed by atoms with E-state index in [1.165, 1.54) is 51.7 Å². The molecule has 3 heteroatoms. The van der Waals surface area contributed by atoms with E-state index in [-0.39, 0.29) is 0 Å². The van der Waals surface area contributed by atoms with Gasteiger partial charge < -0.3 is 10.6 Å². The quantitative estimate of drug-likeness (QED) is 0.737. The third-order valence-electron chi connectivity index (χ3n) is 4.33. The van der Waals surface area contributed by atoms with Crippen LogP contribution in [0.15, 0.2) is 0 Å². The molecule has 0 aromatic rings. The fraction of sp³-hybridized carbons (Fsp3) is 1.00. The van der Waals surface area contributed by atoms with E-state index in [1.807, 2.05) is 0 Å². The lowest BCUT2D eigenvalue weighted by Gasteiger charge is -2.26. The van der Waals surface area contributed by atoms with Crippen LogP contribution in [0.25, 0.3) is 0 Å². The maximum atomic E-state index is 3.70. The van der Waals surface area contributed by atoms with Crippen molar-refractivity contribution in [3.8, 4) is 0 Å². The average molecular weight is 239 g/mol. The van der Waals surface area contributed by atoms with Gasteiger partial charge in [-0.2, -0.15) is 0 Å². The fourth-order valence-electron chi connectivity index (χ4n) is 3.15. The SMILES string of the molecule is CC(CC1CCCN1)NCC(C)N1CCCC1. The highest BCUT2D eigenvalue weighted by atomic mass is 15.2. The summed E-state index contributed by atoms with van der Waals surface area (Å²) >= 11 is 0. The lowest BCUT2D eigenvalue weighted by molar-refractivity contribution is 0.244. The number of rotatable bonds is 6. The van der Waals surface area contributed by atoms with Crippen molar-refractivity contribution in [1.82, 2.24) is 15.5 Å². The van der Waals surface area contributed by atoms with Crippen LogP contribution in [0.5, 0.6) is 0 Å². The molecule has 3 nitrogen and oxygen atoms in total. The minimum atomic E-state index is 0.649. The van der Waals surface area contributed by atoms with Crippen LogP contribution in [0.4, 0.5) is 0 Å². The van der Waals surface area contributed by atoms with Gasteiger partial charge >= 0.3 is 0 Å². The van der Waals surface area contributed by atoms with Gasteiger partial charge in [-0.1, -0.05) is 0 Å². The molecule has 0 amide bonds. The van der Waals surface area contributed by atoms with Crippen LogP contribution in [0.3, 0.4) is 0 Å². The van der Waals surface area contributed by atoms with Crippen molar-refractivity contribution >= 4 is 0 Å². The Kier molecular flexibility index (Phi) is 5.26. The van der Waals surface area contributed by atoms with Gasteiger partial charge in [-0.3, -0.25) is 4.90 Å². The molecule has 0 aromatic heterocycles. The molecule has 2 rings (SSSR count). The average Bonchev–Trinajstić information content (AvgIpc) is 2.97. The Balaban J connectivity index is 1.59. The smallest absolute Gasteiger partial charge is 0.0192 e. The van der Waals surface area contributed by atoms with Gasteiger partial charge in [0.15, 0.2) is 0 Å². The maximum Gasteiger partial charge on any atom is 0.0192 e. The summed E-state index contributed by atoms with van der Waals surface area (Å²) in [7, 11) is 0. The van der Waals surface area contributed by atoms with E-state index in [4.69, 9.17) is 0 Å². The zero-order valence-corrected chi connectivity index (χ0v) is 11.5. The first kappa shape index (κ1) is 13.3. The minimum absolute atomic E-state index is 0.649. The van der Waals surface area contributed by atoms with E-state index in [1.54, 1.807) is 0 Å². The predicted molar refractivity (Wildman–Crippen MR) is 73.4 cm³/mol. The molecule has 2 aliphatic rings. The van der Waals surface area contributed by atoms with Crippen molar-refractivity contribution in [3.05, 3.63) is 0 Å². The van der Waals surface area contributed by atoms with Crippen LogP contribution in [-0.2, 0) is 0 Å². The monoisotopic (exact) mass is 239 g/mol. The summed E-state index contributed by atoms with van der Waals surface area (Å²) < 4.78 is 0. The standard InChI is InChI=1S/C14H29N3/c1-12(10-14-6-5-7-15-14)16-11-13(2)17-8-3-4-9-17/h12-16H,3-11H2,1-2H3. The van der Waals surface area contributed by atoms with Crippen molar-refractivity contribution < 1.29 is 0 Å². The molecular formula is C14H29N3. The van der Waals surface area contributed by atoms with Crippen LogP contribution in [0, 0.1) is 0 Å². The Morgan fingerprint density at radius 1 is 1.24 bits per heavy atom. The second-order valence-corrected chi connectivity index (χ2v) is 5.93. The summed E-state index contributed by atoms with van der Waals surface area (Å²) in [6.07, 6.45) is 6.81. The molecule has 2 aliphatic heterocycles. The zero-order chi connectivity index (χ0) is 12.1. The maximum absolute atomic E-state index is 3.70. The van der Waals surface area contributed by atoms with Gasteiger partial charge in [0.25, 0.3) is 0 Å². The Labute approximate surface area is 106 Å². The highest BCUT2D eigenvalue weighted by molar-refractivity contribution is 4.80. The molecule has 0 saturated carbocycles. The van der Waals surface area contributed by atoms with Gasteiger partial charge in [-0.05, 0) is 65.6 Å². The highest BCUT2D eigenvalue weighted by Gasteiger charge is 2.20. The minimum Gasteiger partial charge on any atom is -0.314 e. The summed E-state index contributed by atoms with van der Waals surface area (Å²) in [6.45, 7) is 9.67. The first-order valence-corrected chi connectivity index (χ1v) is 7.46. The van der Waals surface area contributed by atoms with Gasteiger partial charge in [0, 0.05) is 24.7 Å². The molecule has 0 aromatic carbocycles. The number of nitrogens with one attached hydrogen (secondary N) is 2. The Hall–Kier alpha value is -0.120. The molecule has 2 saturated heterocycles. The first-order chi connectivity index (χ1) is 8.25. The van der Waals surface area contributed by atoms with Crippen molar-refractivity contribution in [2.24, 2.45) is 0 Å². The molecule has 0 bridgehead atoms. The normalized spacial score (nSPS) is 29.6. The molecule has 2 fully saturated rings. The van der Waals surface area contributed by atoms with Gasteiger partial charge in [0.05, 0.1) is 0 Å². The molecule has 0 spiro atoms. The topological polar surface area (TPSA) is 27.3 Å². The third kappa shape index (κ3) is 4.23. The predicted octanol–water partition coefficient (Wildman–Crippen LogP) is 1.59. The molecule has 2 heterocycles. The van der Waals surface area contributed by atoms with Crippen LogP contribution < -0.4 is 10.6 Å². The van der Waals surface area contributed by atoms with Gasteiger partial charge in [-0.25, -0.2) is 0 Å². The van der Waals surface area contributed by atoms with Crippen molar-refractivity contribution in [2.45, 2.75) is 64.1 Å². The lowest BCUT2D eigenvalue weighted by Crippen LogP contribution is -2.43. The zero-order valence-electron chi connectivity index (χ0n) is 11.5.